The number of carbonyl (C=O) groups is 1. The molecule has 4 nitrogen and oxygen atoms in total. The minimum absolute atomic E-state index is 0. The monoisotopic (exact) mass is 249 g/mol. The summed E-state index contributed by atoms with van der Waals surface area (Å²) in [6.07, 6.45) is 4.36. The molecule has 5 heteroatoms. The van der Waals surface area contributed by atoms with Crippen LogP contribution in [-0.4, -0.2) is 22.4 Å². The van der Waals surface area contributed by atoms with E-state index in [1.807, 2.05) is 18.2 Å². The van der Waals surface area contributed by atoms with Crippen LogP contribution in [0.5, 0.6) is 0 Å². The summed E-state index contributed by atoms with van der Waals surface area (Å²) >= 11 is 0. The summed E-state index contributed by atoms with van der Waals surface area (Å²) in [5.41, 5.74) is 3.82. The number of hydrogen-bond acceptors (Lipinski definition) is 2. The van der Waals surface area contributed by atoms with Crippen LogP contribution in [0.1, 0.15) is 16.1 Å². The molecular weight excluding hydrogens is 238 g/mol. The molecule has 1 aliphatic rings. The number of aromatic amines is 1. The first-order valence-corrected chi connectivity index (χ1v) is 5.25. The normalized spacial score (nSPS) is 13.5. The van der Waals surface area contributed by atoms with Gasteiger partial charge in [-0.15, -0.1) is 12.4 Å². The molecule has 0 saturated heterocycles. The van der Waals surface area contributed by atoms with Gasteiger partial charge >= 0.3 is 0 Å². The topological polar surface area (TPSA) is 57.8 Å². The molecular formula is C12H12ClN3O. The minimum atomic E-state index is 0. The van der Waals surface area contributed by atoms with Gasteiger partial charge in [0.15, 0.2) is 0 Å². The lowest BCUT2D eigenvalue weighted by molar-refractivity contribution is 0.0946. The SMILES string of the molecule is Cl.O=C1NCCc2[nH]c(-c3ccncc3)cc21. The molecule has 0 radical (unpaired) electrons. The van der Waals surface area contributed by atoms with Crippen LogP contribution in [0.25, 0.3) is 11.3 Å². The molecule has 2 aromatic heterocycles. The van der Waals surface area contributed by atoms with Gasteiger partial charge in [0, 0.05) is 42.3 Å². The predicted octanol–water partition coefficient (Wildman–Crippen LogP) is 1.78. The van der Waals surface area contributed by atoms with Gasteiger partial charge < -0.3 is 10.3 Å². The van der Waals surface area contributed by atoms with Crippen molar-refractivity contribution in [2.75, 3.05) is 6.54 Å². The molecule has 0 spiro atoms. The highest BCUT2D eigenvalue weighted by atomic mass is 35.5. The molecule has 0 unspecified atom stereocenters. The number of carbonyl (C=O) groups excluding carboxylic acids is 1. The maximum atomic E-state index is 11.6. The molecule has 1 aliphatic heterocycles. The molecule has 2 aromatic rings. The molecule has 1 amide bonds. The fourth-order valence-corrected chi connectivity index (χ4v) is 1.98. The van der Waals surface area contributed by atoms with Crippen molar-refractivity contribution in [3.63, 3.8) is 0 Å². The summed E-state index contributed by atoms with van der Waals surface area (Å²) in [6.45, 7) is 0.710. The Balaban J connectivity index is 0.00000108. The number of H-pyrrole nitrogens is 1. The molecule has 0 aromatic carbocycles. The second kappa shape index (κ2) is 4.59. The van der Waals surface area contributed by atoms with E-state index in [9.17, 15) is 4.79 Å². The third-order valence-corrected chi connectivity index (χ3v) is 2.80. The van der Waals surface area contributed by atoms with E-state index >= 15 is 0 Å². The highest BCUT2D eigenvalue weighted by molar-refractivity contribution is 5.97. The Morgan fingerprint density at radius 3 is 2.71 bits per heavy atom. The number of hydrogen-bond donors (Lipinski definition) is 2. The number of nitrogens with one attached hydrogen (secondary N) is 2. The number of fused-ring (bicyclic) bond motifs is 1. The molecule has 3 heterocycles. The zero-order valence-corrected chi connectivity index (χ0v) is 9.88. The van der Waals surface area contributed by atoms with Gasteiger partial charge in [-0.2, -0.15) is 0 Å². The first-order valence-electron chi connectivity index (χ1n) is 5.25. The molecule has 0 aliphatic carbocycles. The first-order chi connectivity index (χ1) is 7.84. The lowest BCUT2D eigenvalue weighted by Gasteiger charge is -2.10. The van der Waals surface area contributed by atoms with Crippen LogP contribution in [0.15, 0.2) is 30.6 Å². The van der Waals surface area contributed by atoms with Gasteiger partial charge in [0.2, 0.25) is 0 Å². The van der Waals surface area contributed by atoms with E-state index in [1.54, 1.807) is 12.4 Å². The smallest absolute Gasteiger partial charge is 0.253 e. The van der Waals surface area contributed by atoms with Crippen LogP contribution in [0.2, 0.25) is 0 Å². The Morgan fingerprint density at radius 1 is 1.24 bits per heavy atom. The Bertz CT molecular complexity index is 536. The number of pyridine rings is 1. The van der Waals surface area contributed by atoms with Gasteiger partial charge in [0.1, 0.15) is 0 Å². The second-order valence-electron chi connectivity index (χ2n) is 3.82. The van der Waals surface area contributed by atoms with Crippen molar-refractivity contribution in [1.82, 2.24) is 15.3 Å². The van der Waals surface area contributed by atoms with Crippen molar-refractivity contribution in [3.8, 4) is 11.3 Å². The lowest BCUT2D eigenvalue weighted by atomic mass is 10.1. The minimum Gasteiger partial charge on any atom is -0.358 e. The largest absolute Gasteiger partial charge is 0.358 e. The van der Waals surface area contributed by atoms with E-state index in [4.69, 9.17) is 0 Å². The summed E-state index contributed by atoms with van der Waals surface area (Å²) in [5, 5.41) is 2.83. The molecule has 0 saturated carbocycles. The fourth-order valence-electron chi connectivity index (χ4n) is 1.98. The van der Waals surface area contributed by atoms with Crippen molar-refractivity contribution >= 4 is 18.3 Å². The number of rotatable bonds is 1. The quantitative estimate of drug-likeness (QED) is 0.810. The molecule has 3 rings (SSSR count). The van der Waals surface area contributed by atoms with Gasteiger partial charge in [-0.3, -0.25) is 9.78 Å². The lowest BCUT2D eigenvalue weighted by Crippen LogP contribution is -2.31. The molecule has 88 valence electrons. The van der Waals surface area contributed by atoms with Gasteiger partial charge in [-0.1, -0.05) is 0 Å². The van der Waals surface area contributed by atoms with E-state index in [-0.39, 0.29) is 18.3 Å². The first kappa shape index (κ1) is 11.7. The van der Waals surface area contributed by atoms with Gasteiger partial charge in [0.05, 0.1) is 5.56 Å². The zero-order chi connectivity index (χ0) is 11.0. The summed E-state index contributed by atoms with van der Waals surface area (Å²) < 4.78 is 0. The van der Waals surface area contributed by atoms with Crippen LogP contribution in [-0.2, 0) is 6.42 Å². The fraction of sp³-hybridized carbons (Fsp3) is 0.167. The van der Waals surface area contributed by atoms with Crippen molar-refractivity contribution in [2.24, 2.45) is 0 Å². The summed E-state index contributed by atoms with van der Waals surface area (Å²) in [5.74, 6) is 0.0119. The number of amides is 1. The van der Waals surface area contributed by atoms with Gasteiger partial charge in [-0.25, -0.2) is 0 Å². The van der Waals surface area contributed by atoms with Crippen LogP contribution in [0.4, 0.5) is 0 Å². The maximum Gasteiger partial charge on any atom is 0.253 e. The van der Waals surface area contributed by atoms with Gasteiger partial charge in [-0.05, 0) is 18.2 Å². The highest BCUT2D eigenvalue weighted by Crippen LogP contribution is 2.23. The number of nitrogens with zero attached hydrogens (tertiary/aromatic N) is 1. The molecule has 0 fully saturated rings. The van der Waals surface area contributed by atoms with E-state index in [0.29, 0.717) is 6.54 Å². The zero-order valence-electron chi connectivity index (χ0n) is 9.06. The Hall–Kier alpha value is -1.81. The summed E-state index contributed by atoms with van der Waals surface area (Å²) in [7, 11) is 0. The van der Waals surface area contributed by atoms with Gasteiger partial charge in [0.25, 0.3) is 5.91 Å². The van der Waals surface area contributed by atoms with E-state index in [1.165, 1.54) is 0 Å². The third kappa shape index (κ3) is 2.03. The predicted molar refractivity (Wildman–Crippen MR) is 67.3 cm³/mol. The molecule has 17 heavy (non-hydrogen) atoms. The van der Waals surface area contributed by atoms with Crippen molar-refractivity contribution in [1.29, 1.82) is 0 Å². The van der Waals surface area contributed by atoms with Crippen molar-refractivity contribution in [3.05, 3.63) is 41.9 Å². The number of aromatic nitrogens is 2. The standard InChI is InChI=1S/C12H11N3O.ClH/c16-12-9-7-11(8-1-4-13-5-2-8)15-10(9)3-6-14-12;/h1-2,4-5,7,15H,3,6H2,(H,14,16);1H. The van der Waals surface area contributed by atoms with Crippen LogP contribution in [0, 0.1) is 0 Å². The highest BCUT2D eigenvalue weighted by Gasteiger charge is 2.19. The van der Waals surface area contributed by atoms with Crippen LogP contribution in [0.3, 0.4) is 0 Å². The molecule has 2 N–H and O–H groups in total. The average molecular weight is 250 g/mol. The van der Waals surface area contributed by atoms with Crippen LogP contribution < -0.4 is 5.32 Å². The van der Waals surface area contributed by atoms with Crippen molar-refractivity contribution in [2.45, 2.75) is 6.42 Å². The van der Waals surface area contributed by atoms with E-state index in [2.05, 4.69) is 15.3 Å². The van der Waals surface area contributed by atoms with Crippen molar-refractivity contribution < 1.29 is 4.79 Å². The summed E-state index contributed by atoms with van der Waals surface area (Å²) in [4.78, 5) is 18.9. The molecule has 0 bridgehead atoms. The second-order valence-corrected chi connectivity index (χ2v) is 3.82. The van der Waals surface area contributed by atoms with E-state index < -0.39 is 0 Å². The Kier molecular flexibility index (Phi) is 3.15. The number of halogens is 1. The van der Waals surface area contributed by atoms with E-state index in [0.717, 1.165) is 28.9 Å². The average Bonchev–Trinajstić information content (AvgIpc) is 2.76. The third-order valence-electron chi connectivity index (χ3n) is 2.80. The Morgan fingerprint density at radius 2 is 2.00 bits per heavy atom. The summed E-state index contributed by atoms with van der Waals surface area (Å²) in [6, 6.07) is 5.75. The maximum absolute atomic E-state index is 11.6. The van der Waals surface area contributed by atoms with Crippen LogP contribution >= 0.6 is 12.4 Å². The Labute approximate surface area is 105 Å². The molecule has 0 atom stereocenters.